The Labute approximate surface area is 152 Å². The van der Waals surface area contributed by atoms with Gasteiger partial charge in [0, 0.05) is 11.0 Å². The fourth-order valence-corrected chi connectivity index (χ4v) is 2.43. The summed E-state index contributed by atoms with van der Waals surface area (Å²) in [4.78, 5) is 30.8. The Bertz CT molecular complexity index is 1160. The first-order valence-corrected chi connectivity index (χ1v) is 8.01. The van der Waals surface area contributed by atoms with Crippen LogP contribution in [0.5, 0.6) is 11.5 Å². The Balaban J connectivity index is 1.56. The van der Waals surface area contributed by atoms with Crippen LogP contribution in [0.1, 0.15) is 16.1 Å². The average molecular weight is 363 g/mol. The van der Waals surface area contributed by atoms with E-state index in [0.717, 1.165) is 4.96 Å². The van der Waals surface area contributed by atoms with Crippen LogP contribution in [0.4, 0.5) is 0 Å². The molecule has 134 valence electrons. The number of nitrogens with zero attached hydrogens (tertiary/aromatic N) is 3. The third-order valence-electron chi connectivity index (χ3n) is 3.73. The van der Waals surface area contributed by atoms with Crippen LogP contribution in [0.2, 0.25) is 0 Å². The molecule has 0 saturated heterocycles. The van der Waals surface area contributed by atoms with E-state index in [9.17, 15) is 9.59 Å². The molecular formula is C19H13N3O5. The number of ether oxygens (including phenoxy) is 1. The van der Waals surface area contributed by atoms with Crippen LogP contribution in [-0.4, -0.2) is 21.1 Å². The molecule has 0 fully saturated rings. The second kappa shape index (κ2) is 6.75. The van der Waals surface area contributed by atoms with E-state index in [1.54, 1.807) is 18.2 Å². The molecule has 0 aliphatic rings. The van der Waals surface area contributed by atoms with Gasteiger partial charge in [0.25, 0.3) is 0 Å². The molecule has 4 aromatic rings. The summed E-state index contributed by atoms with van der Waals surface area (Å²) in [5.74, 6) is -0.299. The highest BCUT2D eigenvalue weighted by atomic mass is 16.7. The van der Waals surface area contributed by atoms with Crippen molar-refractivity contribution in [2.24, 2.45) is 0 Å². The minimum atomic E-state index is -0.708. The smallest absolute Gasteiger partial charge is 0.343 e. The lowest BCUT2D eigenvalue weighted by Gasteiger charge is -2.07. The van der Waals surface area contributed by atoms with Crippen molar-refractivity contribution in [1.82, 2.24) is 15.2 Å². The molecule has 0 bridgehead atoms. The van der Waals surface area contributed by atoms with Gasteiger partial charge in [-0.05, 0) is 37.3 Å². The maximum absolute atomic E-state index is 12.4. The molecule has 2 heterocycles. The van der Waals surface area contributed by atoms with E-state index >= 15 is 0 Å². The molecule has 27 heavy (non-hydrogen) atoms. The quantitative estimate of drug-likeness (QED) is 0.514. The number of rotatable bonds is 4. The summed E-state index contributed by atoms with van der Waals surface area (Å²) in [6.45, 7) is 1.54. The Morgan fingerprint density at radius 1 is 1.04 bits per heavy atom. The zero-order valence-electron chi connectivity index (χ0n) is 14.2. The Kier molecular flexibility index (Phi) is 4.13. The molecule has 0 N–H and O–H groups in total. The van der Waals surface area contributed by atoms with Gasteiger partial charge < -0.3 is 14.0 Å². The van der Waals surface area contributed by atoms with Gasteiger partial charge in [-0.3, -0.25) is 4.79 Å². The SMILES string of the molecule is Cc1occc(=O)c1OC(=O)c1cccc(On2nc3ccccc3n2)c1. The summed E-state index contributed by atoms with van der Waals surface area (Å²) in [7, 11) is 0. The van der Waals surface area contributed by atoms with Crippen LogP contribution >= 0.6 is 0 Å². The van der Waals surface area contributed by atoms with Gasteiger partial charge in [-0.1, -0.05) is 18.2 Å². The van der Waals surface area contributed by atoms with E-state index in [-0.39, 0.29) is 17.1 Å². The summed E-state index contributed by atoms with van der Waals surface area (Å²) in [5.41, 5.74) is 1.12. The molecule has 4 rings (SSSR count). The van der Waals surface area contributed by atoms with Crippen LogP contribution < -0.4 is 15.0 Å². The van der Waals surface area contributed by atoms with Crippen molar-refractivity contribution in [3.63, 3.8) is 0 Å². The summed E-state index contributed by atoms with van der Waals surface area (Å²) in [5, 5.41) is 8.37. The topological polar surface area (TPSA) is 96.4 Å². The summed E-state index contributed by atoms with van der Waals surface area (Å²) < 4.78 is 10.3. The van der Waals surface area contributed by atoms with Gasteiger partial charge in [0.2, 0.25) is 11.2 Å². The van der Waals surface area contributed by atoms with Gasteiger partial charge >= 0.3 is 5.97 Å². The van der Waals surface area contributed by atoms with Gasteiger partial charge in [-0.25, -0.2) is 4.79 Å². The van der Waals surface area contributed by atoms with Gasteiger partial charge in [0.05, 0.1) is 11.8 Å². The van der Waals surface area contributed by atoms with Crippen molar-refractivity contribution < 1.29 is 18.8 Å². The van der Waals surface area contributed by atoms with Crippen molar-refractivity contribution >= 4 is 17.0 Å². The number of carbonyl (C=O) groups excluding carboxylic acids is 1. The first-order chi connectivity index (χ1) is 13.1. The lowest BCUT2D eigenvalue weighted by molar-refractivity contribution is 0.0725. The van der Waals surface area contributed by atoms with Gasteiger partial charge in [0.1, 0.15) is 16.8 Å². The van der Waals surface area contributed by atoms with Crippen molar-refractivity contribution in [2.75, 3.05) is 0 Å². The number of aryl methyl sites for hydroxylation is 1. The molecule has 0 spiro atoms. The number of hydrogen-bond donors (Lipinski definition) is 0. The molecule has 8 heteroatoms. The van der Waals surface area contributed by atoms with Gasteiger partial charge in [0.15, 0.2) is 5.75 Å². The molecule has 0 aliphatic heterocycles. The second-order valence-electron chi connectivity index (χ2n) is 5.62. The zero-order chi connectivity index (χ0) is 18.8. The minimum Gasteiger partial charge on any atom is -0.465 e. The number of fused-ring (bicyclic) bond motifs is 1. The molecule has 0 unspecified atom stereocenters. The maximum atomic E-state index is 12.4. The van der Waals surface area contributed by atoms with Crippen molar-refractivity contribution in [2.45, 2.75) is 6.92 Å². The van der Waals surface area contributed by atoms with Crippen LogP contribution in [0, 0.1) is 6.92 Å². The number of benzene rings is 2. The summed E-state index contributed by atoms with van der Waals surface area (Å²) in [6, 6.07) is 14.8. The van der Waals surface area contributed by atoms with Crippen LogP contribution in [0.15, 0.2) is 70.1 Å². The molecule has 2 aromatic carbocycles. The Hall–Kier alpha value is -3.94. The molecule has 0 saturated carbocycles. The first-order valence-electron chi connectivity index (χ1n) is 8.01. The van der Waals surface area contributed by atoms with Crippen LogP contribution in [-0.2, 0) is 0 Å². The molecule has 0 radical (unpaired) electrons. The van der Waals surface area contributed by atoms with Crippen molar-refractivity contribution in [3.8, 4) is 11.5 Å². The largest absolute Gasteiger partial charge is 0.465 e. The van der Waals surface area contributed by atoms with E-state index < -0.39 is 11.4 Å². The van der Waals surface area contributed by atoms with Crippen molar-refractivity contribution in [1.29, 1.82) is 0 Å². The highest BCUT2D eigenvalue weighted by molar-refractivity contribution is 5.91. The van der Waals surface area contributed by atoms with Crippen LogP contribution in [0.25, 0.3) is 11.0 Å². The van der Waals surface area contributed by atoms with E-state index in [2.05, 4.69) is 10.2 Å². The monoisotopic (exact) mass is 363 g/mol. The number of aromatic nitrogens is 3. The summed E-state index contributed by atoms with van der Waals surface area (Å²) >= 11 is 0. The Morgan fingerprint density at radius 3 is 2.48 bits per heavy atom. The van der Waals surface area contributed by atoms with Gasteiger partial charge in [-0.15, -0.1) is 10.2 Å². The number of carbonyl (C=O) groups is 1. The fraction of sp³-hybridized carbons (Fsp3) is 0.0526. The molecular weight excluding hydrogens is 350 g/mol. The standard InChI is InChI=1S/C19H13N3O5/c1-12-18(17(23)9-10-25-12)26-19(24)13-5-4-6-14(11-13)27-22-20-15-7-2-3-8-16(15)21-22/h2-11H,1H3. The van der Waals surface area contributed by atoms with E-state index in [1.165, 1.54) is 25.3 Å². The Morgan fingerprint density at radius 2 is 1.78 bits per heavy atom. The lowest BCUT2D eigenvalue weighted by Crippen LogP contribution is -2.16. The van der Waals surface area contributed by atoms with Crippen molar-refractivity contribution in [3.05, 3.63) is 82.4 Å². The van der Waals surface area contributed by atoms with Gasteiger partial charge in [-0.2, -0.15) is 0 Å². The molecule has 0 atom stereocenters. The highest BCUT2D eigenvalue weighted by Gasteiger charge is 2.15. The van der Waals surface area contributed by atoms with E-state index in [4.69, 9.17) is 14.0 Å². The first kappa shape index (κ1) is 16.5. The predicted molar refractivity (Wildman–Crippen MR) is 94.7 cm³/mol. The number of esters is 1. The lowest BCUT2D eigenvalue weighted by atomic mass is 10.2. The zero-order valence-corrected chi connectivity index (χ0v) is 14.2. The average Bonchev–Trinajstić information content (AvgIpc) is 3.07. The third-order valence-corrected chi connectivity index (χ3v) is 3.73. The highest BCUT2D eigenvalue weighted by Crippen LogP contribution is 2.18. The third kappa shape index (κ3) is 3.40. The van der Waals surface area contributed by atoms with Crippen LogP contribution in [0.3, 0.4) is 0 Å². The fourth-order valence-electron chi connectivity index (χ4n) is 2.43. The number of hydrogen-bond acceptors (Lipinski definition) is 7. The molecule has 8 nitrogen and oxygen atoms in total. The van der Waals surface area contributed by atoms with E-state index in [1.807, 2.05) is 24.3 Å². The minimum absolute atomic E-state index is 0.145. The molecule has 0 aliphatic carbocycles. The second-order valence-corrected chi connectivity index (χ2v) is 5.62. The summed E-state index contributed by atoms with van der Waals surface area (Å²) in [6.07, 6.45) is 1.24. The van der Waals surface area contributed by atoms with E-state index in [0.29, 0.717) is 16.8 Å². The molecule has 2 aromatic heterocycles. The maximum Gasteiger partial charge on any atom is 0.343 e. The molecule has 0 amide bonds. The normalized spacial score (nSPS) is 10.7. The predicted octanol–water partition coefficient (Wildman–Crippen LogP) is 2.75.